The molecule has 2 aliphatic rings. The van der Waals surface area contributed by atoms with Gasteiger partial charge in [0.25, 0.3) is 0 Å². The van der Waals surface area contributed by atoms with Gasteiger partial charge in [-0.15, -0.1) is 0 Å². The van der Waals surface area contributed by atoms with Crippen molar-refractivity contribution in [2.45, 2.75) is 64.1 Å². The van der Waals surface area contributed by atoms with Crippen LogP contribution in [0.2, 0.25) is 0 Å². The lowest BCUT2D eigenvalue weighted by Gasteiger charge is -2.27. The molecule has 3 heteroatoms. The summed E-state index contributed by atoms with van der Waals surface area (Å²) in [6, 6.07) is 6.65. The maximum absolute atomic E-state index is 13.6. The third-order valence-electron chi connectivity index (χ3n) is 4.25. The molecule has 0 heterocycles. The molecule has 0 amide bonds. The Morgan fingerprint density at radius 1 is 1.25 bits per heavy atom. The molecule has 0 atom stereocenters. The summed E-state index contributed by atoms with van der Waals surface area (Å²) in [7, 11) is 0. The highest BCUT2D eigenvalue weighted by Gasteiger charge is 2.30. The molecule has 0 saturated heterocycles. The van der Waals surface area contributed by atoms with E-state index in [9.17, 15) is 4.39 Å². The minimum absolute atomic E-state index is 0.118. The lowest BCUT2D eigenvalue weighted by molar-refractivity contribution is 0.617. The van der Waals surface area contributed by atoms with E-state index in [-0.39, 0.29) is 5.82 Å². The molecule has 20 heavy (non-hydrogen) atoms. The Morgan fingerprint density at radius 3 is 2.70 bits per heavy atom. The van der Waals surface area contributed by atoms with Crippen molar-refractivity contribution >= 4 is 5.69 Å². The van der Waals surface area contributed by atoms with Crippen LogP contribution in [0.3, 0.4) is 0 Å². The Balaban J connectivity index is 1.77. The van der Waals surface area contributed by atoms with Crippen LogP contribution in [0.5, 0.6) is 0 Å². The van der Waals surface area contributed by atoms with Crippen molar-refractivity contribution < 1.29 is 4.39 Å². The Hall–Kier alpha value is -1.09. The van der Waals surface area contributed by atoms with Gasteiger partial charge in [0.15, 0.2) is 0 Å². The molecule has 0 bridgehead atoms. The summed E-state index contributed by atoms with van der Waals surface area (Å²) in [5.41, 5.74) is 2.37. The van der Waals surface area contributed by atoms with Gasteiger partial charge in [-0.25, -0.2) is 4.39 Å². The predicted molar refractivity (Wildman–Crippen MR) is 81.5 cm³/mol. The number of hydrogen-bond donors (Lipinski definition) is 1. The van der Waals surface area contributed by atoms with Crippen LogP contribution in [0.15, 0.2) is 18.2 Å². The molecule has 1 N–H and O–H groups in total. The number of unbranched alkanes of at least 4 members (excludes halogenated alkanes) is 1. The van der Waals surface area contributed by atoms with Crippen molar-refractivity contribution in [2.75, 3.05) is 11.4 Å². The highest BCUT2D eigenvalue weighted by atomic mass is 19.1. The number of nitrogens with zero attached hydrogens (tertiary/aromatic N) is 1. The van der Waals surface area contributed by atoms with E-state index in [1.54, 1.807) is 12.1 Å². The summed E-state index contributed by atoms with van der Waals surface area (Å²) in [6.45, 7) is 4.13. The molecule has 2 aliphatic carbocycles. The van der Waals surface area contributed by atoms with Crippen molar-refractivity contribution in [1.82, 2.24) is 5.32 Å². The fourth-order valence-electron chi connectivity index (χ4n) is 2.73. The number of halogens is 1. The first-order chi connectivity index (χ1) is 9.78. The summed E-state index contributed by atoms with van der Waals surface area (Å²) in [6.07, 6.45) is 7.54. The summed E-state index contributed by atoms with van der Waals surface area (Å²) < 4.78 is 13.6. The molecule has 0 radical (unpaired) electrons. The quantitative estimate of drug-likeness (QED) is 0.776. The van der Waals surface area contributed by atoms with Crippen LogP contribution in [0, 0.1) is 5.82 Å². The molecule has 0 aliphatic heterocycles. The van der Waals surface area contributed by atoms with Gasteiger partial charge in [0.1, 0.15) is 5.82 Å². The van der Waals surface area contributed by atoms with Crippen molar-refractivity contribution in [3.63, 3.8) is 0 Å². The second-order valence-corrected chi connectivity index (χ2v) is 6.21. The van der Waals surface area contributed by atoms with Crippen LogP contribution in [0.4, 0.5) is 10.1 Å². The molecule has 0 aromatic heterocycles. The summed E-state index contributed by atoms with van der Waals surface area (Å²) in [4.78, 5) is 2.51. The number of nitrogens with one attached hydrogen (secondary N) is 1. The molecule has 2 nitrogen and oxygen atoms in total. The highest BCUT2D eigenvalue weighted by Crippen LogP contribution is 2.34. The predicted octanol–water partition coefficient (Wildman–Crippen LogP) is 3.85. The molecule has 3 rings (SSSR count). The normalized spacial score (nSPS) is 18.3. The number of anilines is 1. The van der Waals surface area contributed by atoms with Gasteiger partial charge in [-0.2, -0.15) is 0 Å². The Bertz CT molecular complexity index is 452. The third kappa shape index (κ3) is 3.51. The van der Waals surface area contributed by atoms with E-state index in [0.29, 0.717) is 12.1 Å². The average molecular weight is 276 g/mol. The standard InChI is InChI=1S/C17H25FN2/c1-2-3-10-20(16-7-8-16)17-9-4-14(18)11-13(17)12-19-15-5-6-15/h4,9,11,15-16,19H,2-3,5-8,10,12H2,1H3. The van der Waals surface area contributed by atoms with Gasteiger partial charge in [-0.05, 0) is 55.9 Å². The van der Waals surface area contributed by atoms with Crippen LogP contribution in [0.1, 0.15) is 51.0 Å². The first kappa shape index (κ1) is 13.9. The fraction of sp³-hybridized carbons (Fsp3) is 0.647. The zero-order chi connectivity index (χ0) is 13.9. The molecule has 1 aromatic carbocycles. The van der Waals surface area contributed by atoms with E-state index in [0.717, 1.165) is 18.7 Å². The van der Waals surface area contributed by atoms with E-state index in [2.05, 4.69) is 17.1 Å². The van der Waals surface area contributed by atoms with E-state index < -0.39 is 0 Å². The van der Waals surface area contributed by atoms with Crippen LogP contribution in [-0.2, 0) is 6.54 Å². The molecule has 0 unspecified atom stereocenters. The molecule has 1 aromatic rings. The van der Waals surface area contributed by atoms with E-state index in [1.165, 1.54) is 44.2 Å². The van der Waals surface area contributed by atoms with Crippen molar-refractivity contribution in [2.24, 2.45) is 0 Å². The maximum atomic E-state index is 13.6. The van der Waals surface area contributed by atoms with Crippen molar-refractivity contribution in [3.8, 4) is 0 Å². The molecular formula is C17H25FN2. The van der Waals surface area contributed by atoms with Gasteiger partial charge in [0, 0.05) is 30.9 Å². The third-order valence-corrected chi connectivity index (χ3v) is 4.25. The van der Waals surface area contributed by atoms with Gasteiger partial charge in [-0.1, -0.05) is 13.3 Å². The minimum atomic E-state index is -0.118. The monoisotopic (exact) mass is 276 g/mol. The second kappa shape index (κ2) is 6.13. The van der Waals surface area contributed by atoms with Crippen LogP contribution < -0.4 is 10.2 Å². The molecular weight excluding hydrogens is 251 g/mol. The lowest BCUT2D eigenvalue weighted by Crippen LogP contribution is -2.29. The Labute approximate surface area is 121 Å². The summed E-state index contributed by atoms with van der Waals surface area (Å²) in [5, 5.41) is 3.52. The van der Waals surface area contributed by atoms with Gasteiger partial charge < -0.3 is 10.2 Å². The first-order valence-corrected chi connectivity index (χ1v) is 8.06. The maximum Gasteiger partial charge on any atom is 0.123 e. The molecule has 2 saturated carbocycles. The van der Waals surface area contributed by atoms with Gasteiger partial charge >= 0.3 is 0 Å². The van der Waals surface area contributed by atoms with E-state index >= 15 is 0 Å². The smallest absolute Gasteiger partial charge is 0.123 e. The topological polar surface area (TPSA) is 15.3 Å². The molecule has 2 fully saturated rings. The van der Waals surface area contributed by atoms with Gasteiger partial charge in [0.2, 0.25) is 0 Å². The number of rotatable bonds is 8. The van der Waals surface area contributed by atoms with E-state index in [4.69, 9.17) is 0 Å². The van der Waals surface area contributed by atoms with Crippen molar-refractivity contribution in [1.29, 1.82) is 0 Å². The van der Waals surface area contributed by atoms with Crippen LogP contribution >= 0.6 is 0 Å². The Morgan fingerprint density at radius 2 is 2.05 bits per heavy atom. The highest BCUT2D eigenvalue weighted by molar-refractivity contribution is 5.55. The fourth-order valence-corrected chi connectivity index (χ4v) is 2.73. The van der Waals surface area contributed by atoms with Crippen LogP contribution in [0.25, 0.3) is 0 Å². The zero-order valence-corrected chi connectivity index (χ0v) is 12.4. The summed E-state index contributed by atoms with van der Waals surface area (Å²) >= 11 is 0. The minimum Gasteiger partial charge on any atom is -0.368 e. The first-order valence-electron chi connectivity index (χ1n) is 8.06. The average Bonchev–Trinajstić information content (AvgIpc) is 3.32. The zero-order valence-electron chi connectivity index (χ0n) is 12.4. The van der Waals surface area contributed by atoms with Crippen LogP contribution in [-0.4, -0.2) is 18.6 Å². The van der Waals surface area contributed by atoms with Gasteiger partial charge in [-0.3, -0.25) is 0 Å². The lowest BCUT2D eigenvalue weighted by atomic mass is 10.1. The van der Waals surface area contributed by atoms with E-state index in [1.807, 2.05) is 6.07 Å². The number of benzene rings is 1. The molecule has 0 spiro atoms. The summed E-state index contributed by atoms with van der Waals surface area (Å²) in [5.74, 6) is -0.118. The van der Waals surface area contributed by atoms with Gasteiger partial charge in [0.05, 0.1) is 0 Å². The number of hydrogen-bond acceptors (Lipinski definition) is 2. The largest absolute Gasteiger partial charge is 0.368 e. The Kier molecular flexibility index (Phi) is 4.25. The van der Waals surface area contributed by atoms with Crippen molar-refractivity contribution in [3.05, 3.63) is 29.6 Å². The SMILES string of the molecule is CCCCN(c1ccc(F)cc1CNC1CC1)C1CC1. The molecule has 110 valence electrons. The second-order valence-electron chi connectivity index (χ2n) is 6.21.